The second-order valence-electron chi connectivity index (χ2n) is 6.56. The third-order valence-corrected chi connectivity index (χ3v) is 4.18. The molecular weight excluding hydrogens is 407 g/mol. The number of rotatable bonds is 8. The smallest absolute Gasteiger partial charge is 0.340 e. The number of anilines is 1. The summed E-state index contributed by atoms with van der Waals surface area (Å²) in [6.07, 6.45) is 1.28. The van der Waals surface area contributed by atoms with E-state index in [1.165, 1.54) is 47.2 Å². The molecular formula is C20H19FN6O4. The van der Waals surface area contributed by atoms with Gasteiger partial charge < -0.3 is 15.0 Å². The number of benzene rings is 2. The van der Waals surface area contributed by atoms with Crippen molar-refractivity contribution in [2.75, 3.05) is 19.0 Å². The van der Waals surface area contributed by atoms with Crippen LogP contribution in [-0.2, 0) is 27.4 Å². The zero-order valence-corrected chi connectivity index (χ0v) is 16.6. The summed E-state index contributed by atoms with van der Waals surface area (Å²) in [5, 5.41) is 13.1. The number of carbonyl (C=O) groups excluding carboxylic acids is 3. The molecule has 11 heteroatoms. The Balaban J connectivity index is 1.56. The predicted molar refractivity (Wildman–Crippen MR) is 106 cm³/mol. The predicted octanol–water partition coefficient (Wildman–Crippen LogP) is 1.27. The van der Waals surface area contributed by atoms with E-state index in [2.05, 4.69) is 20.8 Å². The number of ether oxygens (including phenoxy) is 1. The van der Waals surface area contributed by atoms with Gasteiger partial charge in [0, 0.05) is 13.6 Å². The van der Waals surface area contributed by atoms with Crippen molar-refractivity contribution in [2.45, 2.75) is 13.1 Å². The van der Waals surface area contributed by atoms with Crippen LogP contribution in [0.5, 0.6) is 0 Å². The fraction of sp³-hybridized carbons (Fsp3) is 0.200. The number of esters is 1. The zero-order valence-electron chi connectivity index (χ0n) is 16.6. The van der Waals surface area contributed by atoms with Gasteiger partial charge in [0.05, 0.1) is 11.3 Å². The number of nitrogens with zero attached hydrogens (tertiary/aromatic N) is 5. The molecule has 0 saturated heterocycles. The van der Waals surface area contributed by atoms with Crippen molar-refractivity contribution in [3.05, 3.63) is 71.8 Å². The lowest BCUT2D eigenvalue weighted by Gasteiger charge is -2.17. The quantitative estimate of drug-likeness (QED) is 0.539. The minimum absolute atomic E-state index is 0.0909. The summed E-state index contributed by atoms with van der Waals surface area (Å²) in [4.78, 5) is 38.2. The zero-order chi connectivity index (χ0) is 22.2. The van der Waals surface area contributed by atoms with Crippen LogP contribution in [0.1, 0.15) is 15.9 Å². The van der Waals surface area contributed by atoms with Crippen LogP contribution in [0.15, 0.2) is 54.9 Å². The lowest BCUT2D eigenvalue weighted by Crippen LogP contribution is -2.31. The molecule has 0 aliphatic carbocycles. The van der Waals surface area contributed by atoms with Crippen LogP contribution in [-0.4, -0.2) is 56.5 Å². The number of nitrogens with one attached hydrogen (secondary N) is 1. The van der Waals surface area contributed by atoms with Gasteiger partial charge in [-0.3, -0.25) is 9.59 Å². The van der Waals surface area contributed by atoms with E-state index in [9.17, 15) is 18.8 Å². The molecule has 1 aromatic heterocycles. The Morgan fingerprint density at radius 1 is 1.16 bits per heavy atom. The molecule has 160 valence electrons. The first-order valence-corrected chi connectivity index (χ1v) is 9.17. The molecule has 2 amide bonds. The van der Waals surface area contributed by atoms with Crippen LogP contribution in [0.2, 0.25) is 0 Å². The standard InChI is InChI=1S/C20H19FN6O4/c1-26(10-14-5-4-6-15(21)9-14)19(29)12-31-20(30)16-7-2-3-8-17(16)23-18(28)11-27-13-22-24-25-27/h2-9,13H,10-12H2,1H3,(H,23,28). The third kappa shape index (κ3) is 6.16. The van der Waals surface area contributed by atoms with Crippen LogP contribution < -0.4 is 5.32 Å². The second kappa shape index (κ2) is 10.1. The molecule has 1 heterocycles. The van der Waals surface area contributed by atoms with Crippen molar-refractivity contribution in [1.82, 2.24) is 25.1 Å². The third-order valence-electron chi connectivity index (χ3n) is 4.18. The van der Waals surface area contributed by atoms with Crippen molar-refractivity contribution in [2.24, 2.45) is 0 Å². The lowest BCUT2D eigenvalue weighted by atomic mass is 10.2. The van der Waals surface area contributed by atoms with Crippen molar-refractivity contribution >= 4 is 23.5 Å². The summed E-state index contributed by atoms with van der Waals surface area (Å²) in [6.45, 7) is -0.477. The minimum Gasteiger partial charge on any atom is -0.452 e. The van der Waals surface area contributed by atoms with E-state index >= 15 is 0 Å². The molecule has 3 aromatic rings. The van der Waals surface area contributed by atoms with Gasteiger partial charge in [0.2, 0.25) is 5.91 Å². The highest BCUT2D eigenvalue weighted by molar-refractivity contribution is 6.01. The maximum absolute atomic E-state index is 13.3. The SMILES string of the molecule is CN(Cc1cccc(F)c1)C(=O)COC(=O)c1ccccc1NC(=O)Cn1cnnn1. The molecule has 2 aromatic carbocycles. The first kappa shape index (κ1) is 21.6. The largest absolute Gasteiger partial charge is 0.452 e. The molecule has 0 saturated carbocycles. The van der Waals surface area contributed by atoms with Gasteiger partial charge in [0.15, 0.2) is 6.61 Å². The minimum atomic E-state index is -0.772. The number of carbonyl (C=O) groups is 3. The average molecular weight is 426 g/mol. The maximum atomic E-state index is 13.3. The normalized spacial score (nSPS) is 10.4. The summed E-state index contributed by atoms with van der Waals surface area (Å²) in [5.74, 6) is -2.08. The van der Waals surface area contributed by atoms with Crippen LogP contribution in [0.25, 0.3) is 0 Å². The Kier molecular flexibility index (Phi) is 6.99. The topological polar surface area (TPSA) is 119 Å². The van der Waals surface area contributed by atoms with E-state index in [0.29, 0.717) is 5.56 Å². The number of likely N-dealkylation sites (N-methyl/N-ethyl adjacent to an activating group) is 1. The molecule has 3 rings (SSSR count). The Hall–Kier alpha value is -4.15. The Morgan fingerprint density at radius 2 is 1.97 bits per heavy atom. The van der Waals surface area contributed by atoms with Gasteiger partial charge in [-0.05, 0) is 40.3 Å². The van der Waals surface area contributed by atoms with Gasteiger partial charge >= 0.3 is 5.97 Å². The number of tetrazole rings is 1. The highest BCUT2D eigenvalue weighted by atomic mass is 19.1. The molecule has 1 N–H and O–H groups in total. The van der Waals surface area contributed by atoms with Crippen molar-refractivity contribution in [3.8, 4) is 0 Å². The molecule has 31 heavy (non-hydrogen) atoms. The Bertz CT molecular complexity index is 1070. The molecule has 0 spiro atoms. The lowest BCUT2D eigenvalue weighted by molar-refractivity contribution is -0.133. The van der Waals surface area contributed by atoms with E-state index in [1.54, 1.807) is 24.3 Å². The fourth-order valence-corrected chi connectivity index (χ4v) is 2.67. The van der Waals surface area contributed by atoms with Gasteiger partial charge in [-0.15, -0.1) is 5.10 Å². The maximum Gasteiger partial charge on any atom is 0.340 e. The summed E-state index contributed by atoms with van der Waals surface area (Å²) in [5.41, 5.74) is 0.928. The van der Waals surface area contributed by atoms with Crippen molar-refractivity contribution in [3.63, 3.8) is 0 Å². The van der Waals surface area contributed by atoms with E-state index in [1.807, 2.05) is 0 Å². The number of hydrogen-bond donors (Lipinski definition) is 1. The van der Waals surface area contributed by atoms with Crippen LogP contribution in [0.4, 0.5) is 10.1 Å². The van der Waals surface area contributed by atoms with Gasteiger partial charge in [-0.25, -0.2) is 13.9 Å². The Morgan fingerprint density at radius 3 is 2.71 bits per heavy atom. The number of halogens is 1. The molecule has 0 aliphatic heterocycles. The number of hydrogen-bond acceptors (Lipinski definition) is 7. The average Bonchev–Trinajstić information content (AvgIpc) is 3.25. The summed E-state index contributed by atoms with van der Waals surface area (Å²) in [7, 11) is 1.52. The molecule has 0 bridgehead atoms. The molecule has 10 nitrogen and oxygen atoms in total. The number of aromatic nitrogens is 4. The second-order valence-corrected chi connectivity index (χ2v) is 6.56. The highest BCUT2D eigenvalue weighted by Gasteiger charge is 2.18. The van der Waals surface area contributed by atoms with Crippen molar-refractivity contribution < 1.29 is 23.5 Å². The Labute approximate surface area is 176 Å². The first-order valence-electron chi connectivity index (χ1n) is 9.17. The van der Waals surface area contributed by atoms with Gasteiger partial charge in [0.1, 0.15) is 18.7 Å². The van der Waals surface area contributed by atoms with Crippen molar-refractivity contribution in [1.29, 1.82) is 0 Å². The monoisotopic (exact) mass is 426 g/mol. The fourth-order valence-electron chi connectivity index (χ4n) is 2.67. The molecule has 0 radical (unpaired) electrons. The van der Waals surface area contributed by atoms with Crippen LogP contribution in [0, 0.1) is 5.82 Å². The highest BCUT2D eigenvalue weighted by Crippen LogP contribution is 2.16. The van der Waals surface area contributed by atoms with E-state index in [4.69, 9.17) is 4.74 Å². The van der Waals surface area contributed by atoms with E-state index < -0.39 is 30.2 Å². The molecule has 0 aliphatic rings. The molecule has 0 fully saturated rings. The van der Waals surface area contributed by atoms with Gasteiger partial charge in [0.25, 0.3) is 5.91 Å². The molecule has 0 atom stereocenters. The summed E-state index contributed by atoms with van der Waals surface area (Å²) in [6, 6.07) is 12.1. The molecule has 0 unspecified atom stereocenters. The summed E-state index contributed by atoms with van der Waals surface area (Å²) < 4.78 is 19.6. The van der Waals surface area contributed by atoms with E-state index in [0.717, 1.165) is 0 Å². The van der Waals surface area contributed by atoms with Crippen LogP contribution >= 0.6 is 0 Å². The summed E-state index contributed by atoms with van der Waals surface area (Å²) >= 11 is 0. The van der Waals surface area contributed by atoms with Gasteiger partial charge in [-0.1, -0.05) is 24.3 Å². The first-order chi connectivity index (χ1) is 14.9. The van der Waals surface area contributed by atoms with E-state index in [-0.39, 0.29) is 24.3 Å². The van der Waals surface area contributed by atoms with Crippen LogP contribution in [0.3, 0.4) is 0 Å². The van der Waals surface area contributed by atoms with Gasteiger partial charge in [-0.2, -0.15) is 0 Å². The number of para-hydroxylation sites is 1. The number of amides is 2.